The molecule has 0 aliphatic rings. The highest BCUT2D eigenvalue weighted by molar-refractivity contribution is 5.92. The van der Waals surface area contributed by atoms with Crippen LogP contribution in [-0.4, -0.2) is 16.4 Å². The van der Waals surface area contributed by atoms with Gasteiger partial charge in [0.1, 0.15) is 0 Å². The molecule has 0 saturated heterocycles. The number of rotatable bonds is 1. The van der Waals surface area contributed by atoms with E-state index in [1.807, 2.05) is 20.8 Å². The van der Waals surface area contributed by atoms with Crippen LogP contribution in [0.25, 0.3) is 0 Å². The van der Waals surface area contributed by atoms with Crippen LogP contribution in [0.2, 0.25) is 0 Å². The van der Waals surface area contributed by atoms with Crippen LogP contribution in [0.1, 0.15) is 42.9 Å². The molecule has 78 valence electrons. The highest BCUT2D eigenvalue weighted by atomic mass is 16.4. The lowest BCUT2D eigenvalue weighted by Gasteiger charge is -2.19. The Labute approximate surface area is 83.7 Å². The van der Waals surface area contributed by atoms with Crippen LogP contribution < -0.4 is 5.32 Å². The number of nitrogens with zero attached hydrogens (tertiary/aromatic N) is 1. The van der Waals surface area contributed by atoms with Crippen molar-refractivity contribution in [3.05, 3.63) is 17.3 Å². The minimum Gasteiger partial charge on any atom is -0.436 e. The van der Waals surface area contributed by atoms with E-state index in [0.717, 1.165) is 0 Å². The molecule has 4 nitrogen and oxygen atoms in total. The van der Waals surface area contributed by atoms with Gasteiger partial charge >= 0.3 is 0 Å². The van der Waals surface area contributed by atoms with Gasteiger partial charge in [0.2, 0.25) is 5.76 Å². The molecular weight excluding hydrogens is 180 g/mol. The number of amides is 1. The number of carbonyl (C=O) groups is 1. The standard InChI is InChI=1S/C10H16N2O2/c1-6-8(14-7(2)11-6)9(13)12-10(3,4)5/h1-5H3,(H,12,13). The van der Waals surface area contributed by atoms with E-state index in [0.29, 0.717) is 17.3 Å². The molecule has 14 heavy (non-hydrogen) atoms. The Morgan fingerprint density at radius 1 is 1.36 bits per heavy atom. The molecule has 0 atom stereocenters. The van der Waals surface area contributed by atoms with Crippen molar-refractivity contribution in [1.82, 2.24) is 10.3 Å². The second-order valence-electron chi connectivity index (χ2n) is 4.35. The first-order chi connectivity index (χ1) is 6.29. The van der Waals surface area contributed by atoms with Crippen molar-refractivity contribution < 1.29 is 9.21 Å². The second-order valence-corrected chi connectivity index (χ2v) is 4.35. The lowest BCUT2D eigenvalue weighted by atomic mass is 10.1. The van der Waals surface area contributed by atoms with Gasteiger partial charge in [-0.25, -0.2) is 4.98 Å². The van der Waals surface area contributed by atoms with Gasteiger partial charge in [-0.2, -0.15) is 0 Å². The molecule has 0 fully saturated rings. The molecule has 1 amide bonds. The molecule has 0 aliphatic carbocycles. The maximum absolute atomic E-state index is 11.6. The number of carbonyl (C=O) groups excluding carboxylic acids is 1. The van der Waals surface area contributed by atoms with E-state index < -0.39 is 0 Å². The van der Waals surface area contributed by atoms with Crippen molar-refractivity contribution in [2.45, 2.75) is 40.2 Å². The van der Waals surface area contributed by atoms with E-state index in [9.17, 15) is 4.79 Å². The molecular formula is C10H16N2O2. The smallest absolute Gasteiger partial charge is 0.289 e. The van der Waals surface area contributed by atoms with Gasteiger partial charge in [0.25, 0.3) is 5.91 Å². The molecule has 0 aliphatic heterocycles. The highest BCUT2D eigenvalue weighted by Gasteiger charge is 2.20. The van der Waals surface area contributed by atoms with Crippen LogP contribution in [0.3, 0.4) is 0 Å². The van der Waals surface area contributed by atoms with Crippen molar-refractivity contribution in [2.75, 3.05) is 0 Å². The molecule has 1 N–H and O–H groups in total. The van der Waals surface area contributed by atoms with E-state index >= 15 is 0 Å². The molecule has 0 spiro atoms. The van der Waals surface area contributed by atoms with E-state index in [1.165, 1.54) is 0 Å². The van der Waals surface area contributed by atoms with Crippen molar-refractivity contribution in [1.29, 1.82) is 0 Å². The maximum Gasteiger partial charge on any atom is 0.289 e. The lowest BCUT2D eigenvalue weighted by Crippen LogP contribution is -2.40. The zero-order valence-corrected chi connectivity index (χ0v) is 9.26. The first kappa shape index (κ1) is 10.8. The van der Waals surface area contributed by atoms with Gasteiger partial charge in [0, 0.05) is 12.5 Å². The summed E-state index contributed by atoms with van der Waals surface area (Å²) in [4.78, 5) is 15.7. The predicted molar refractivity (Wildman–Crippen MR) is 53.2 cm³/mol. The first-order valence-electron chi connectivity index (χ1n) is 4.56. The molecule has 1 aromatic rings. The fourth-order valence-corrected chi connectivity index (χ4v) is 1.14. The number of oxazole rings is 1. The summed E-state index contributed by atoms with van der Waals surface area (Å²) in [6.07, 6.45) is 0. The number of aromatic nitrogens is 1. The normalized spacial score (nSPS) is 11.5. The average Bonchev–Trinajstić information content (AvgIpc) is 2.26. The summed E-state index contributed by atoms with van der Waals surface area (Å²) in [5.74, 6) is 0.606. The van der Waals surface area contributed by atoms with Crippen molar-refractivity contribution >= 4 is 5.91 Å². The van der Waals surface area contributed by atoms with Gasteiger partial charge in [-0.15, -0.1) is 0 Å². The third-order valence-corrected chi connectivity index (χ3v) is 1.60. The average molecular weight is 196 g/mol. The summed E-state index contributed by atoms with van der Waals surface area (Å²) < 4.78 is 5.20. The quantitative estimate of drug-likeness (QED) is 0.745. The summed E-state index contributed by atoms with van der Waals surface area (Å²) in [5.41, 5.74) is 0.369. The molecule has 0 radical (unpaired) electrons. The van der Waals surface area contributed by atoms with Crippen LogP contribution in [-0.2, 0) is 0 Å². The van der Waals surface area contributed by atoms with Crippen molar-refractivity contribution in [3.63, 3.8) is 0 Å². The zero-order valence-electron chi connectivity index (χ0n) is 9.26. The fourth-order valence-electron chi connectivity index (χ4n) is 1.14. The lowest BCUT2D eigenvalue weighted by molar-refractivity contribution is 0.0889. The SMILES string of the molecule is Cc1nc(C)c(C(=O)NC(C)(C)C)o1. The van der Waals surface area contributed by atoms with E-state index in [4.69, 9.17) is 4.42 Å². The predicted octanol–water partition coefficient (Wildman–Crippen LogP) is 1.82. The molecule has 4 heteroatoms. The first-order valence-corrected chi connectivity index (χ1v) is 4.56. The summed E-state index contributed by atoms with van der Waals surface area (Å²) >= 11 is 0. The van der Waals surface area contributed by atoms with Crippen molar-refractivity contribution in [2.24, 2.45) is 0 Å². The third kappa shape index (κ3) is 2.58. The number of hydrogen-bond donors (Lipinski definition) is 1. The van der Waals surface area contributed by atoms with Gasteiger partial charge in [-0.3, -0.25) is 4.79 Å². The molecule has 1 aromatic heterocycles. The van der Waals surface area contributed by atoms with Gasteiger partial charge in [-0.1, -0.05) is 0 Å². The van der Waals surface area contributed by atoms with Gasteiger partial charge in [-0.05, 0) is 27.7 Å². The Hall–Kier alpha value is -1.32. The number of aryl methyl sites for hydroxylation is 2. The minimum atomic E-state index is -0.260. The molecule has 0 unspecified atom stereocenters. The van der Waals surface area contributed by atoms with Crippen LogP contribution in [0, 0.1) is 13.8 Å². The number of nitrogens with one attached hydrogen (secondary N) is 1. The third-order valence-electron chi connectivity index (χ3n) is 1.60. The molecule has 1 heterocycles. The highest BCUT2D eigenvalue weighted by Crippen LogP contribution is 2.10. The summed E-state index contributed by atoms with van der Waals surface area (Å²) in [7, 11) is 0. The van der Waals surface area contributed by atoms with E-state index in [-0.39, 0.29) is 11.4 Å². The minimum absolute atomic E-state index is 0.212. The van der Waals surface area contributed by atoms with Gasteiger partial charge in [0.15, 0.2) is 5.89 Å². The van der Waals surface area contributed by atoms with Gasteiger partial charge < -0.3 is 9.73 Å². The molecule has 1 rings (SSSR count). The maximum atomic E-state index is 11.6. The molecule has 0 saturated carbocycles. The Bertz CT molecular complexity index is 347. The Balaban J connectivity index is 2.85. The molecule has 0 aromatic carbocycles. The summed E-state index contributed by atoms with van der Waals surface area (Å²) in [5, 5.41) is 2.82. The Morgan fingerprint density at radius 3 is 2.29 bits per heavy atom. The van der Waals surface area contributed by atoms with Crippen LogP contribution >= 0.6 is 0 Å². The van der Waals surface area contributed by atoms with Crippen LogP contribution in [0.5, 0.6) is 0 Å². The zero-order chi connectivity index (χ0) is 10.9. The van der Waals surface area contributed by atoms with Crippen molar-refractivity contribution in [3.8, 4) is 0 Å². The van der Waals surface area contributed by atoms with E-state index in [2.05, 4.69) is 10.3 Å². The van der Waals surface area contributed by atoms with Crippen LogP contribution in [0.15, 0.2) is 4.42 Å². The number of hydrogen-bond acceptors (Lipinski definition) is 3. The fraction of sp³-hybridized carbons (Fsp3) is 0.600. The van der Waals surface area contributed by atoms with E-state index in [1.54, 1.807) is 13.8 Å². The Morgan fingerprint density at radius 2 is 1.93 bits per heavy atom. The monoisotopic (exact) mass is 196 g/mol. The summed E-state index contributed by atoms with van der Waals surface area (Å²) in [6, 6.07) is 0. The topological polar surface area (TPSA) is 55.1 Å². The second kappa shape index (κ2) is 3.44. The van der Waals surface area contributed by atoms with Crippen LogP contribution in [0.4, 0.5) is 0 Å². The Kier molecular flexibility index (Phi) is 2.64. The largest absolute Gasteiger partial charge is 0.436 e. The van der Waals surface area contributed by atoms with Gasteiger partial charge in [0.05, 0.1) is 5.69 Å². The molecule has 0 bridgehead atoms. The summed E-state index contributed by atoms with van der Waals surface area (Å²) in [6.45, 7) is 9.24.